The molecule has 0 radical (unpaired) electrons. The van der Waals surface area contributed by atoms with Gasteiger partial charge in [0.1, 0.15) is 5.82 Å². The maximum Gasteiger partial charge on any atom is 0.143 e. The largest absolute Gasteiger partial charge is 0.310 e. The van der Waals surface area contributed by atoms with E-state index in [9.17, 15) is 4.39 Å². The van der Waals surface area contributed by atoms with Crippen LogP contribution in [0, 0.1) is 5.82 Å². The van der Waals surface area contributed by atoms with Gasteiger partial charge in [-0.15, -0.1) is 0 Å². The molecule has 1 aromatic carbocycles. The molecule has 1 heterocycles. The van der Waals surface area contributed by atoms with E-state index in [1.54, 1.807) is 12.1 Å². The van der Waals surface area contributed by atoms with Crippen LogP contribution >= 0.6 is 11.6 Å². The fourth-order valence-corrected chi connectivity index (χ4v) is 2.97. The average Bonchev–Trinajstić information content (AvgIpc) is 2.87. The summed E-state index contributed by atoms with van der Waals surface area (Å²) < 4.78 is 15.4. The van der Waals surface area contributed by atoms with E-state index in [-0.39, 0.29) is 5.02 Å². The van der Waals surface area contributed by atoms with E-state index in [1.807, 2.05) is 10.9 Å². The molecular formula is C15H17ClFN3. The molecule has 1 unspecified atom stereocenters. The van der Waals surface area contributed by atoms with Crippen LogP contribution in [0.1, 0.15) is 37.1 Å². The molecule has 1 aromatic heterocycles. The van der Waals surface area contributed by atoms with Crippen molar-refractivity contribution in [3.63, 3.8) is 0 Å². The molecule has 0 saturated heterocycles. The van der Waals surface area contributed by atoms with E-state index in [4.69, 9.17) is 11.6 Å². The van der Waals surface area contributed by atoms with Crippen LogP contribution in [0.5, 0.6) is 0 Å². The van der Waals surface area contributed by atoms with Crippen molar-refractivity contribution in [3.8, 4) is 5.69 Å². The zero-order valence-electron chi connectivity index (χ0n) is 11.4. The number of rotatable bonds is 3. The number of fused-ring (bicyclic) bond motifs is 1. The topological polar surface area (TPSA) is 29.9 Å². The molecule has 1 aliphatic rings. The third-order valence-corrected chi connectivity index (χ3v) is 4.09. The molecule has 2 aromatic rings. The van der Waals surface area contributed by atoms with E-state index in [2.05, 4.69) is 17.3 Å². The van der Waals surface area contributed by atoms with Gasteiger partial charge in [0.2, 0.25) is 0 Å². The van der Waals surface area contributed by atoms with Crippen molar-refractivity contribution in [3.05, 3.63) is 46.5 Å². The van der Waals surface area contributed by atoms with Gasteiger partial charge in [-0.3, -0.25) is 0 Å². The molecule has 106 valence electrons. The lowest BCUT2D eigenvalue weighted by Crippen LogP contribution is -2.25. The summed E-state index contributed by atoms with van der Waals surface area (Å²) in [6, 6.07) is 5.17. The van der Waals surface area contributed by atoms with E-state index >= 15 is 0 Å². The normalized spacial score (nSPS) is 18.1. The van der Waals surface area contributed by atoms with Crippen LogP contribution < -0.4 is 5.32 Å². The number of halogens is 2. The number of nitrogens with one attached hydrogen (secondary N) is 1. The van der Waals surface area contributed by atoms with E-state index in [1.165, 1.54) is 17.3 Å². The van der Waals surface area contributed by atoms with Crippen molar-refractivity contribution in [2.75, 3.05) is 6.54 Å². The van der Waals surface area contributed by atoms with Crippen molar-refractivity contribution in [1.82, 2.24) is 15.1 Å². The Bertz CT molecular complexity index is 624. The fraction of sp³-hybridized carbons (Fsp3) is 0.400. The minimum Gasteiger partial charge on any atom is -0.310 e. The highest BCUT2D eigenvalue weighted by atomic mass is 35.5. The number of hydrogen-bond acceptors (Lipinski definition) is 2. The molecule has 0 spiro atoms. The second-order valence-corrected chi connectivity index (χ2v) is 5.47. The molecule has 20 heavy (non-hydrogen) atoms. The van der Waals surface area contributed by atoms with Gasteiger partial charge in [0.05, 0.1) is 16.9 Å². The Hall–Kier alpha value is -1.39. The van der Waals surface area contributed by atoms with E-state index < -0.39 is 5.82 Å². The second kappa shape index (κ2) is 5.54. The van der Waals surface area contributed by atoms with Crippen molar-refractivity contribution >= 4 is 11.6 Å². The third-order valence-electron chi connectivity index (χ3n) is 3.78. The van der Waals surface area contributed by atoms with Crippen LogP contribution in [0.4, 0.5) is 4.39 Å². The Balaban J connectivity index is 2.01. The lowest BCUT2D eigenvalue weighted by Gasteiger charge is -2.23. The van der Waals surface area contributed by atoms with Crippen molar-refractivity contribution in [2.24, 2.45) is 0 Å². The molecule has 0 bridgehead atoms. The summed E-state index contributed by atoms with van der Waals surface area (Å²) in [6.45, 7) is 3.04. The van der Waals surface area contributed by atoms with Crippen molar-refractivity contribution < 1.29 is 4.39 Å². The van der Waals surface area contributed by atoms with Gasteiger partial charge in [0.15, 0.2) is 0 Å². The summed E-state index contributed by atoms with van der Waals surface area (Å²) in [4.78, 5) is 0. The van der Waals surface area contributed by atoms with Gasteiger partial charge < -0.3 is 5.32 Å². The lowest BCUT2D eigenvalue weighted by atomic mass is 9.93. The summed E-state index contributed by atoms with van der Waals surface area (Å²) >= 11 is 5.74. The first-order valence-electron chi connectivity index (χ1n) is 6.96. The highest BCUT2D eigenvalue weighted by Crippen LogP contribution is 2.31. The molecule has 3 nitrogen and oxygen atoms in total. The van der Waals surface area contributed by atoms with Gasteiger partial charge in [-0.05, 0) is 37.9 Å². The monoisotopic (exact) mass is 293 g/mol. The summed E-state index contributed by atoms with van der Waals surface area (Å²) in [5.41, 5.74) is 3.13. The van der Waals surface area contributed by atoms with Crippen LogP contribution in [0.3, 0.4) is 0 Å². The molecule has 1 aliphatic carbocycles. The maximum atomic E-state index is 13.6. The highest BCUT2D eigenvalue weighted by Gasteiger charge is 2.24. The Morgan fingerprint density at radius 1 is 1.50 bits per heavy atom. The van der Waals surface area contributed by atoms with Crippen LogP contribution in [0.15, 0.2) is 24.4 Å². The molecule has 0 amide bonds. The van der Waals surface area contributed by atoms with Crippen molar-refractivity contribution in [1.29, 1.82) is 0 Å². The zero-order chi connectivity index (χ0) is 14.1. The Kier molecular flexibility index (Phi) is 3.76. The zero-order valence-corrected chi connectivity index (χ0v) is 12.1. The maximum absolute atomic E-state index is 13.6. The first-order valence-corrected chi connectivity index (χ1v) is 7.34. The van der Waals surface area contributed by atoms with Crippen LogP contribution in [-0.2, 0) is 6.42 Å². The number of hydrogen-bond donors (Lipinski definition) is 1. The van der Waals surface area contributed by atoms with Crippen molar-refractivity contribution in [2.45, 2.75) is 32.2 Å². The van der Waals surface area contributed by atoms with E-state index in [0.29, 0.717) is 6.04 Å². The van der Waals surface area contributed by atoms with Crippen LogP contribution in [-0.4, -0.2) is 16.3 Å². The minimum atomic E-state index is -0.410. The fourth-order valence-electron chi connectivity index (χ4n) is 2.85. The predicted octanol–water partition coefficient (Wildman–Crippen LogP) is 3.65. The molecule has 1 N–H and O–H groups in total. The number of nitrogens with zero attached hydrogens (tertiary/aromatic N) is 2. The summed E-state index contributed by atoms with van der Waals surface area (Å²) in [7, 11) is 0. The molecule has 5 heteroatoms. The standard InChI is InChI=1S/C15H17ClFN3/c1-2-18-14-4-3-5-15-11(14)9-19-20(15)10-6-7-12(16)13(17)8-10/h6-9,14,18H,2-5H2,1H3. The third kappa shape index (κ3) is 2.34. The molecule has 3 rings (SSSR count). The lowest BCUT2D eigenvalue weighted by molar-refractivity contribution is 0.467. The van der Waals surface area contributed by atoms with Gasteiger partial charge in [0, 0.05) is 23.4 Å². The molecule has 1 atom stereocenters. The predicted molar refractivity (Wildman–Crippen MR) is 77.9 cm³/mol. The first kappa shape index (κ1) is 13.6. The average molecular weight is 294 g/mol. The summed E-state index contributed by atoms with van der Waals surface area (Å²) in [5.74, 6) is -0.410. The summed E-state index contributed by atoms with van der Waals surface area (Å²) in [6.07, 6.45) is 5.11. The van der Waals surface area contributed by atoms with Crippen LogP contribution in [0.25, 0.3) is 5.69 Å². The highest BCUT2D eigenvalue weighted by molar-refractivity contribution is 6.30. The Morgan fingerprint density at radius 3 is 3.10 bits per heavy atom. The van der Waals surface area contributed by atoms with Gasteiger partial charge >= 0.3 is 0 Å². The Morgan fingerprint density at radius 2 is 2.35 bits per heavy atom. The second-order valence-electron chi connectivity index (χ2n) is 5.06. The Labute approximate surface area is 122 Å². The molecular weight excluding hydrogens is 277 g/mol. The smallest absolute Gasteiger partial charge is 0.143 e. The van der Waals surface area contributed by atoms with Gasteiger partial charge in [-0.25, -0.2) is 9.07 Å². The number of benzene rings is 1. The molecule has 0 fully saturated rings. The minimum absolute atomic E-state index is 0.139. The first-order chi connectivity index (χ1) is 9.70. The van der Waals surface area contributed by atoms with E-state index in [0.717, 1.165) is 31.5 Å². The summed E-state index contributed by atoms with van der Waals surface area (Å²) in [5, 5.41) is 8.05. The van der Waals surface area contributed by atoms with Gasteiger partial charge in [-0.1, -0.05) is 18.5 Å². The molecule has 0 aliphatic heterocycles. The molecule has 0 saturated carbocycles. The quantitative estimate of drug-likeness (QED) is 0.936. The van der Waals surface area contributed by atoms with Gasteiger partial charge in [0.25, 0.3) is 0 Å². The van der Waals surface area contributed by atoms with Crippen LogP contribution in [0.2, 0.25) is 5.02 Å². The number of aromatic nitrogens is 2. The van der Waals surface area contributed by atoms with Gasteiger partial charge in [-0.2, -0.15) is 5.10 Å². The SMILES string of the molecule is CCNC1CCCc2c1cnn2-c1ccc(Cl)c(F)c1.